The van der Waals surface area contributed by atoms with Gasteiger partial charge in [-0.2, -0.15) is 0 Å². The van der Waals surface area contributed by atoms with E-state index in [-0.39, 0.29) is 0 Å². The predicted octanol–water partition coefficient (Wildman–Crippen LogP) is 14.2. The minimum absolute atomic E-state index is 1.12. The first kappa shape index (κ1) is 32.6. The van der Waals surface area contributed by atoms with Crippen molar-refractivity contribution in [3.63, 3.8) is 0 Å². The molecule has 8 aromatic rings. The molecule has 0 radical (unpaired) electrons. The first-order valence-electron chi connectivity index (χ1n) is 17.9. The van der Waals surface area contributed by atoms with Gasteiger partial charge in [0, 0.05) is 34.1 Å². The van der Waals surface area contributed by atoms with Crippen LogP contribution >= 0.6 is 0 Å². The number of hydrogen-bond acceptors (Lipinski definition) is 2. The average Bonchev–Trinajstić information content (AvgIpc) is 3.21. The quantitative estimate of drug-likeness (QED) is 0.151. The lowest BCUT2D eigenvalue weighted by atomic mass is 9.98. The van der Waals surface area contributed by atoms with Gasteiger partial charge in [-0.05, 0) is 131 Å². The lowest BCUT2D eigenvalue weighted by Crippen LogP contribution is -2.11. The van der Waals surface area contributed by atoms with E-state index in [0.29, 0.717) is 0 Å². The monoisotopic (exact) mass is 668 g/mol. The maximum Gasteiger partial charge on any atom is 0.0491 e. The van der Waals surface area contributed by atoms with Crippen molar-refractivity contribution in [3.8, 4) is 33.4 Å². The molecule has 8 rings (SSSR count). The van der Waals surface area contributed by atoms with Gasteiger partial charge in [-0.1, -0.05) is 133 Å². The number of hydrogen-bond donors (Lipinski definition) is 0. The van der Waals surface area contributed by atoms with Gasteiger partial charge in [0.25, 0.3) is 0 Å². The number of aryl methyl sites for hydroxylation is 2. The summed E-state index contributed by atoms with van der Waals surface area (Å²) < 4.78 is 0. The van der Waals surface area contributed by atoms with E-state index in [1.54, 1.807) is 0 Å². The Morgan fingerprint density at radius 1 is 0.250 bits per heavy atom. The zero-order chi connectivity index (χ0) is 35.3. The van der Waals surface area contributed by atoms with Crippen molar-refractivity contribution in [2.45, 2.75) is 13.8 Å². The molecule has 8 aromatic carbocycles. The number of benzene rings is 8. The van der Waals surface area contributed by atoms with Crippen LogP contribution in [0.3, 0.4) is 0 Å². The van der Waals surface area contributed by atoms with E-state index in [4.69, 9.17) is 0 Å². The van der Waals surface area contributed by atoms with Crippen molar-refractivity contribution >= 4 is 34.1 Å². The SMILES string of the molecule is Cc1cc(-c2ccc(N(c3ccccc3)c3ccc(-c4ccccc4)cc3)c(C)c2)ccc1N(c1ccccc1)c1ccc(-c2ccccc2)cc1. The van der Waals surface area contributed by atoms with Crippen LogP contribution in [0.5, 0.6) is 0 Å². The molecule has 0 aliphatic rings. The summed E-state index contributed by atoms with van der Waals surface area (Å²) in [4.78, 5) is 4.70. The number of nitrogens with zero attached hydrogens (tertiary/aromatic N) is 2. The van der Waals surface area contributed by atoms with Crippen LogP contribution in [0.15, 0.2) is 206 Å². The molecule has 0 heterocycles. The third kappa shape index (κ3) is 6.75. The minimum atomic E-state index is 1.12. The van der Waals surface area contributed by atoms with E-state index in [1.165, 1.54) is 44.5 Å². The zero-order valence-corrected chi connectivity index (χ0v) is 29.5. The molecular formula is C50H40N2. The van der Waals surface area contributed by atoms with Crippen molar-refractivity contribution in [2.75, 3.05) is 9.80 Å². The maximum absolute atomic E-state index is 2.35. The summed E-state index contributed by atoms with van der Waals surface area (Å²) in [5, 5.41) is 0. The average molecular weight is 669 g/mol. The Kier molecular flexibility index (Phi) is 9.19. The molecule has 0 saturated carbocycles. The van der Waals surface area contributed by atoms with E-state index in [1.807, 2.05) is 0 Å². The number of anilines is 6. The van der Waals surface area contributed by atoms with Crippen molar-refractivity contribution < 1.29 is 0 Å². The lowest BCUT2D eigenvalue weighted by Gasteiger charge is -2.28. The van der Waals surface area contributed by atoms with Gasteiger partial charge in [-0.15, -0.1) is 0 Å². The second-order valence-electron chi connectivity index (χ2n) is 13.2. The summed E-state index contributed by atoms with van der Waals surface area (Å²) in [7, 11) is 0. The zero-order valence-electron chi connectivity index (χ0n) is 29.5. The molecule has 0 unspecified atom stereocenters. The van der Waals surface area contributed by atoms with Crippen molar-refractivity contribution in [3.05, 3.63) is 217 Å². The fourth-order valence-corrected chi connectivity index (χ4v) is 7.05. The van der Waals surface area contributed by atoms with Gasteiger partial charge in [-0.3, -0.25) is 0 Å². The Morgan fingerprint density at radius 3 is 0.846 bits per heavy atom. The predicted molar refractivity (Wildman–Crippen MR) is 222 cm³/mol. The third-order valence-corrected chi connectivity index (χ3v) is 9.70. The molecule has 2 heteroatoms. The second kappa shape index (κ2) is 14.7. The Labute approximate surface area is 307 Å². The molecule has 0 fully saturated rings. The van der Waals surface area contributed by atoms with Crippen molar-refractivity contribution in [2.24, 2.45) is 0 Å². The molecule has 0 amide bonds. The Hall–Kier alpha value is -6.64. The number of rotatable bonds is 9. The molecule has 0 aliphatic heterocycles. The Morgan fingerprint density at radius 2 is 0.519 bits per heavy atom. The minimum Gasteiger partial charge on any atom is -0.310 e. The van der Waals surface area contributed by atoms with Crippen LogP contribution in [0.25, 0.3) is 33.4 Å². The molecule has 0 atom stereocenters. The smallest absolute Gasteiger partial charge is 0.0491 e. The van der Waals surface area contributed by atoms with Crippen LogP contribution in [0.2, 0.25) is 0 Å². The number of para-hydroxylation sites is 2. The van der Waals surface area contributed by atoms with E-state index < -0.39 is 0 Å². The molecule has 250 valence electrons. The first-order valence-corrected chi connectivity index (χ1v) is 17.9. The third-order valence-electron chi connectivity index (χ3n) is 9.70. The van der Waals surface area contributed by atoms with Crippen LogP contribution in [0.1, 0.15) is 11.1 Å². The van der Waals surface area contributed by atoms with Crippen LogP contribution in [0, 0.1) is 13.8 Å². The van der Waals surface area contributed by atoms with Crippen LogP contribution < -0.4 is 9.80 Å². The summed E-state index contributed by atoms with van der Waals surface area (Å²) in [5.41, 5.74) is 16.5. The molecule has 0 saturated heterocycles. The topological polar surface area (TPSA) is 6.48 Å². The Balaban J connectivity index is 1.12. The van der Waals surface area contributed by atoms with Gasteiger partial charge in [-0.25, -0.2) is 0 Å². The summed E-state index contributed by atoms with van der Waals surface area (Å²) >= 11 is 0. The highest BCUT2D eigenvalue weighted by Crippen LogP contribution is 2.41. The molecule has 2 nitrogen and oxygen atoms in total. The molecule has 0 aromatic heterocycles. The van der Waals surface area contributed by atoms with Crippen molar-refractivity contribution in [1.29, 1.82) is 0 Å². The summed E-state index contributed by atoms with van der Waals surface area (Å²) in [6.07, 6.45) is 0. The summed E-state index contributed by atoms with van der Waals surface area (Å²) in [6, 6.07) is 73.7. The summed E-state index contributed by atoms with van der Waals surface area (Å²) in [6.45, 7) is 4.43. The fraction of sp³-hybridized carbons (Fsp3) is 0.0400. The Bertz CT molecular complexity index is 2210. The fourth-order valence-electron chi connectivity index (χ4n) is 7.05. The highest BCUT2D eigenvalue weighted by atomic mass is 15.1. The van der Waals surface area contributed by atoms with Crippen LogP contribution in [-0.2, 0) is 0 Å². The normalized spacial score (nSPS) is 10.9. The molecule has 0 spiro atoms. The van der Waals surface area contributed by atoms with Gasteiger partial charge >= 0.3 is 0 Å². The molecule has 0 bridgehead atoms. The van der Waals surface area contributed by atoms with Crippen LogP contribution in [0.4, 0.5) is 34.1 Å². The van der Waals surface area contributed by atoms with Crippen LogP contribution in [-0.4, -0.2) is 0 Å². The van der Waals surface area contributed by atoms with Gasteiger partial charge in [0.05, 0.1) is 0 Å². The first-order chi connectivity index (χ1) is 25.6. The molecule has 52 heavy (non-hydrogen) atoms. The van der Waals surface area contributed by atoms with E-state index in [0.717, 1.165) is 34.1 Å². The second-order valence-corrected chi connectivity index (χ2v) is 13.2. The van der Waals surface area contributed by atoms with E-state index in [9.17, 15) is 0 Å². The molecule has 0 aliphatic carbocycles. The van der Waals surface area contributed by atoms with Gasteiger partial charge < -0.3 is 9.80 Å². The van der Waals surface area contributed by atoms with Gasteiger partial charge in [0.2, 0.25) is 0 Å². The standard InChI is InChI=1S/C50H40N2/c1-37-35-43(27-33-49(37)51(45-19-11-5-12-20-45)47-29-23-41(24-30-47)39-15-7-3-8-16-39)44-28-34-50(38(2)36-44)52(46-21-13-6-14-22-46)48-31-25-42(26-32-48)40-17-9-4-10-18-40/h3-36H,1-2H3. The van der Waals surface area contributed by atoms with Gasteiger partial charge in [0.15, 0.2) is 0 Å². The molecular weight excluding hydrogens is 629 g/mol. The van der Waals surface area contributed by atoms with Crippen molar-refractivity contribution in [1.82, 2.24) is 0 Å². The van der Waals surface area contributed by atoms with Gasteiger partial charge in [0.1, 0.15) is 0 Å². The van der Waals surface area contributed by atoms with E-state index >= 15 is 0 Å². The lowest BCUT2D eigenvalue weighted by molar-refractivity contribution is 1.24. The molecule has 0 N–H and O–H groups in total. The largest absolute Gasteiger partial charge is 0.310 e. The van der Waals surface area contributed by atoms with E-state index in [2.05, 4.69) is 230 Å². The highest BCUT2D eigenvalue weighted by molar-refractivity contribution is 5.84. The summed E-state index contributed by atoms with van der Waals surface area (Å²) in [5.74, 6) is 0. The highest BCUT2D eigenvalue weighted by Gasteiger charge is 2.18. The maximum atomic E-state index is 2.35.